The number of rotatable bonds is 2. The quantitative estimate of drug-likeness (QED) is 0.291. The number of hydrogen-bond acceptors (Lipinski definition) is 2. The maximum atomic E-state index is 12.2. The summed E-state index contributed by atoms with van der Waals surface area (Å²) in [7, 11) is 0. The zero-order chi connectivity index (χ0) is 10.5. The lowest BCUT2D eigenvalue weighted by molar-refractivity contribution is -0.184. The molecule has 0 aliphatic heterocycles. The van der Waals surface area contributed by atoms with Gasteiger partial charge in [-0.05, 0) is 12.3 Å². The van der Waals surface area contributed by atoms with Crippen LogP contribution in [0.2, 0.25) is 0 Å². The second-order valence-corrected chi connectivity index (χ2v) is 1.81. The summed E-state index contributed by atoms with van der Waals surface area (Å²) in [4.78, 5) is 10.3. The van der Waals surface area contributed by atoms with Crippen LogP contribution in [0.3, 0.4) is 0 Å². The van der Waals surface area contributed by atoms with E-state index in [4.69, 9.17) is 0 Å². The third-order valence-electron chi connectivity index (χ3n) is 0.744. The van der Waals surface area contributed by atoms with Crippen LogP contribution in [-0.2, 0) is 9.53 Å². The Balaban J connectivity index is 4.19. The van der Waals surface area contributed by atoms with Crippen LogP contribution >= 0.6 is 0 Å². The van der Waals surface area contributed by atoms with E-state index in [0.717, 1.165) is 0 Å². The lowest BCUT2D eigenvalue weighted by atomic mass is 10.5. The van der Waals surface area contributed by atoms with Gasteiger partial charge in [0.05, 0.1) is 0 Å². The van der Waals surface area contributed by atoms with Crippen LogP contribution in [0.15, 0.2) is 23.9 Å². The molecule has 13 heavy (non-hydrogen) atoms. The first-order chi connectivity index (χ1) is 5.87. The van der Waals surface area contributed by atoms with E-state index in [9.17, 15) is 22.4 Å². The van der Waals surface area contributed by atoms with Gasteiger partial charge in [0, 0.05) is 0 Å². The summed E-state index contributed by atoms with van der Waals surface area (Å²) in [5.41, 5.74) is 3.28. The van der Waals surface area contributed by atoms with E-state index < -0.39 is 24.6 Å². The summed E-state index contributed by atoms with van der Waals surface area (Å²) < 4.78 is 50.0. The molecule has 0 saturated carbocycles. The largest absolute Gasteiger partial charge is 0.450 e. The van der Waals surface area contributed by atoms with Crippen molar-refractivity contribution in [3.05, 3.63) is 23.9 Å². The fraction of sp³-hybridized carbons (Fsp3) is 0.286. The maximum Gasteiger partial charge on any atom is 0.422 e. The highest BCUT2D eigenvalue weighted by molar-refractivity contribution is 5.85. The van der Waals surface area contributed by atoms with Crippen molar-refractivity contribution in [3.8, 4) is 0 Å². The molecule has 2 nitrogen and oxygen atoms in total. The summed E-state index contributed by atoms with van der Waals surface area (Å²) >= 11 is 0. The Kier molecular flexibility index (Phi) is 3.98. The number of halogens is 4. The number of alkyl halides is 3. The van der Waals surface area contributed by atoms with Crippen LogP contribution in [0.4, 0.5) is 17.6 Å². The highest BCUT2D eigenvalue weighted by Gasteiger charge is 2.30. The minimum atomic E-state index is -4.67. The average molecular weight is 196 g/mol. The fourth-order valence-electron chi connectivity index (χ4n) is 0.339. The number of esters is 1. The first-order valence-corrected chi connectivity index (χ1v) is 2.91. The molecule has 0 aliphatic rings. The summed E-state index contributed by atoms with van der Waals surface area (Å²) in [6.45, 7) is 1.03. The van der Waals surface area contributed by atoms with E-state index in [1.165, 1.54) is 5.73 Å². The smallest absolute Gasteiger partial charge is 0.422 e. The summed E-state index contributed by atoms with van der Waals surface area (Å²) in [5.74, 6) is -3.34. The Morgan fingerprint density at radius 3 is 2.38 bits per heavy atom. The van der Waals surface area contributed by atoms with Gasteiger partial charge in [-0.3, -0.25) is 0 Å². The lowest BCUT2D eigenvalue weighted by Crippen LogP contribution is -2.20. The first-order valence-electron chi connectivity index (χ1n) is 2.91. The van der Waals surface area contributed by atoms with E-state index in [-0.39, 0.29) is 0 Å². The van der Waals surface area contributed by atoms with Gasteiger partial charge in [-0.15, -0.1) is 0 Å². The summed E-state index contributed by atoms with van der Waals surface area (Å²) in [5, 5.41) is 0. The van der Waals surface area contributed by atoms with Crippen molar-refractivity contribution in [3.63, 3.8) is 0 Å². The lowest BCUT2D eigenvalue weighted by Gasteiger charge is -2.05. The van der Waals surface area contributed by atoms with Crippen LogP contribution in [0.1, 0.15) is 0 Å². The highest BCUT2D eigenvalue weighted by Crippen LogP contribution is 2.15. The van der Waals surface area contributed by atoms with Crippen molar-refractivity contribution in [2.75, 3.05) is 6.61 Å². The minimum absolute atomic E-state index is 1.53. The van der Waals surface area contributed by atoms with Gasteiger partial charge in [-0.2, -0.15) is 17.6 Å². The molecule has 6 heteroatoms. The van der Waals surface area contributed by atoms with E-state index in [2.05, 4.69) is 11.3 Å². The molecule has 0 N–H and O–H groups in total. The molecule has 72 valence electrons. The highest BCUT2D eigenvalue weighted by atomic mass is 19.4. The van der Waals surface area contributed by atoms with Crippen molar-refractivity contribution in [2.45, 2.75) is 6.18 Å². The predicted octanol–water partition coefficient (Wildman–Crippen LogP) is 1.89. The Morgan fingerprint density at radius 1 is 1.46 bits per heavy atom. The fourth-order valence-corrected chi connectivity index (χ4v) is 0.339. The van der Waals surface area contributed by atoms with Crippen LogP contribution < -0.4 is 0 Å². The Bertz CT molecular complexity index is 279. The number of carbonyl (C=O) groups is 1. The van der Waals surface area contributed by atoms with Gasteiger partial charge in [0.2, 0.25) is 0 Å². The molecule has 0 radical (unpaired) electrons. The molecule has 0 heterocycles. The van der Waals surface area contributed by atoms with Gasteiger partial charge in [-0.25, -0.2) is 4.79 Å². The zero-order valence-corrected chi connectivity index (χ0v) is 6.24. The van der Waals surface area contributed by atoms with E-state index in [1.807, 2.05) is 0 Å². The summed E-state index contributed by atoms with van der Waals surface area (Å²) in [6.07, 6.45) is -4.67. The van der Waals surface area contributed by atoms with Crippen LogP contribution in [0, 0.1) is 0 Å². The predicted molar refractivity (Wildman–Crippen MR) is 34.3 cm³/mol. The van der Waals surface area contributed by atoms with Crippen molar-refractivity contribution < 1.29 is 27.1 Å². The van der Waals surface area contributed by atoms with Crippen molar-refractivity contribution >= 4 is 5.97 Å². The van der Waals surface area contributed by atoms with Crippen LogP contribution in [0.5, 0.6) is 0 Å². The number of carbonyl (C=O) groups excluding carboxylic acids is 1. The van der Waals surface area contributed by atoms with Gasteiger partial charge in [0.25, 0.3) is 5.83 Å². The van der Waals surface area contributed by atoms with E-state index in [0.29, 0.717) is 0 Å². The van der Waals surface area contributed by atoms with Crippen molar-refractivity contribution in [1.29, 1.82) is 0 Å². The Hall–Kier alpha value is -1.51. The third kappa shape index (κ3) is 5.73. The van der Waals surface area contributed by atoms with Crippen molar-refractivity contribution in [2.24, 2.45) is 0 Å². The molecule has 0 bridgehead atoms. The van der Waals surface area contributed by atoms with Gasteiger partial charge >= 0.3 is 12.1 Å². The van der Waals surface area contributed by atoms with Crippen LogP contribution in [-0.4, -0.2) is 18.8 Å². The van der Waals surface area contributed by atoms with E-state index in [1.54, 1.807) is 5.73 Å². The SMILES string of the molecule is C=C=C=C(F)C(=O)OCC(F)(F)F. The van der Waals surface area contributed by atoms with Gasteiger partial charge in [0.15, 0.2) is 6.61 Å². The Morgan fingerprint density at radius 2 is 2.00 bits per heavy atom. The van der Waals surface area contributed by atoms with Gasteiger partial charge in [0.1, 0.15) is 0 Å². The van der Waals surface area contributed by atoms with Crippen molar-refractivity contribution in [1.82, 2.24) is 0 Å². The second kappa shape index (κ2) is 4.50. The molecule has 0 aliphatic carbocycles. The average Bonchev–Trinajstić information content (AvgIpc) is 1.99. The molecule has 0 amide bonds. The molecule has 0 atom stereocenters. The minimum Gasteiger partial charge on any atom is -0.450 e. The van der Waals surface area contributed by atoms with Gasteiger partial charge < -0.3 is 4.74 Å². The molecular formula is C7H4F4O2. The maximum absolute atomic E-state index is 12.2. The number of ether oxygens (including phenoxy) is 1. The Labute approximate surface area is 70.8 Å². The molecule has 0 rings (SSSR count). The number of hydrogen-bond donors (Lipinski definition) is 0. The molecule has 0 fully saturated rings. The summed E-state index contributed by atoms with van der Waals surface area (Å²) in [6, 6.07) is 0. The normalized spacial score (nSPS) is 9.85. The second-order valence-electron chi connectivity index (χ2n) is 1.81. The molecule has 0 aromatic carbocycles. The van der Waals surface area contributed by atoms with Crippen LogP contribution in [0.25, 0.3) is 0 Å². The molecule has 0 aromatic rings. The zero-order valence-electron chi connectivity index (χ0n) is 6.24. The van der Waals surface area contributed by atoms with E-state index >= 15 is 0 Å². The molecule has 0 spiro atoms. The first kappa shape index (κ1) is 11.5. The van der Waals surface area contributed by atoms with Gasteiger partial charge in [-0.1, -0.05) is 5.73 Å². The topological polar surface area (TPSA) is 26.3 Å². The molecule has 0 unspecified atom stereocenters. The molecule has 0 saturated heterocycles. The molecular weight excluding hydrogens is 192 g/mol. The monoisotopic (exact) mass is 196 g/mol. The third-order valence-corrected chi connectivity index (χ3v) is 0.744. The molecule has 0 aromatic heterocycles. The standard InChI is InChI=1S/C7H4F4O2/c1-2-3-5(8)6(12)13-4-7(9,10)11/h1,4H2.